The molecule has 0 unspecified atom stereocenters. The lowest BCUT2D eigenvalue weighted by atomic mass is 10.4. The molecule has 0 aliphatic heterocycles. The van der Waals surface area contributed by atoms with Crippen LogP contribution in [0.1, 0.15) is 5.69 Å². The summed E-state index contributed by atoms with van der Waals surface area (Å²) in [5.74, 6) is 0.754. The first-order valence-corrected chi connectivity index (χ1v) is 5.32. The first-order chi connectivity index (χ1) is 7.38. The second-order valence-electron chi connectivity index (χ2n) is 2.85. The Morgan fingerprint density at radius 2 is 2.40 bits per heavy atom. The SMILES string of the molecule is O=CCc1csc(Nc2ccccn2)n1. The Morgan fingerprint density at radius 3 is 3.13 bits per heavy atom. The summed E-state index contributed by atoms with van der Waals surface area (Å²) in [5.41, 5.74) is 0.786. The second kappa shape index (κ2) is 4.65. The smallest absolute Gasteiger partial charge is 0.188 e. The Balaban J connectivity index is 2.08. The van der Waals surface area contributed by atoms with Gasteiger partial charge in [-0.1, -0.05) is 6.07 Å². The van der Waals surface area contributed by atoms with Gasteiger partial charge in [0.25, 0.3) is 0 Å². The van der Waals surface area contributed by atoms with Crippen molar-refractivity contribution >= 4 is 28.6 Å². The molecule has 0 bridgehead atoms. The summed E-state index contributed by atoms with van der Waals surface area (Å²) >= 11 is 1.46. The van der Waals surface area contributed by atoms with Crippen molar-refractivity contribution < 1.29 is 4.79 Å². The Bertz CT molecular complexity index is 441. The van der Waals surface area contributed by atoms with Gasteiger partial charge in [0.15, 0.2) is 5.13 Å². The van der Waals surface area contributed by atoms with Crippen molar-refractivity contribution in [2.45, 2.75) is 6.42 Å². The van der Waals surface area contributed by atoms with Crippen molar-refractivity contribution in [2.24, 2.45) is 0 Å². The third-order valence-corrected chi connectivity index (χ3v) is 2.55. The molecule has 1 N–H and O–H groups in total. The molecule has 2 heterocycles. The minimum absolute atomic E-state index is 0.362. The number of hydrogen-bond donors (Lipinski definition) is 1. The molecule has 5 heteroatoms. The van der Waals surface area contributed by atoms with Gasteiger partial charge in [-0.15, -0.1) is 11.3 Å². The highest BCUT2D eigenvalue weighted by Gasteiger charge is 2.01. The number of thiazole rings is 1. The summed E-state index contributed by atoms with van der Waals surface area (Å²) in [6.45, 7) is 0. The van der Waals surface area contributed by atoms with Gasteiger partial charge in [0.05, 0.1) is 5.69 Å². The Morgan fingerprint density at radius 1 is 1.47 bits per heavy atom. The summed E-state index contributed by atoms with van der Waals surface area (Å²) in [5, 5.41) is 5.68. The van der Waals surface area contributed by atoms with E-state index in [1.165, 1.54) is 11.3 Å². The Hall–Kier alpha value is -1.75. The molecule has 0 fully saturated rings. The molecule has 15 heavy (non-hydrogen) atoms. The molecule has 0 aliphatic rings. The highest BCUT2D eigenvalue weighted by atomic mass is 32.1. The lowest BCUT2D eigenvalue weighted by Crippen LogP contribution is -1.92. The van der Waals surface area contributed by atoms with Crippen LogP contribution in [-0.2, 0) is 11.2 Å². The van der Waals surface area contributed by atoms with Gasteiger partial charge >= 0.3 is 0 Å². The molecule has 0 aromatic carbocycles. The summed E-state index contributed by atoms with van der Waals surface area (Å²) in [7, 11) is 0. The van der Waals surface area contributed by atoms with Gasteiger partial charge in [-0.05, 0) is 12.1 Å². The van der Waals surface area contributed by atoms with Crippen molar-refractivity contribution in [3.8, 4) is 0 Å². The molecule has 0 spiro atoms. The first kappa shape index (κ1) is 9.79. The lowest BCUT2D eigenvalue weighted by Gasteiger charge is -1.98. The van der Waals surface area contributed by atoms with Crippen LogP contribution in [0.25, 0.3) is 0 Å². The van der Waals surface area contributed by atoms with E-state index in [0.29, 0.717) is 6.42 Å². The monoisotopic (exact) mass is 219 g/mol. The summed E-state index contributed by atoms with van der Waals surface area (Å²) in [4.78, 5) is 18.6. The number of rotatable bonds is 4. The van der Waals surface area contributed by atoms with Crippen LogP contribution < -0.4 is 5.32 Å². The Labute approximate surface area is 91.0 Å². The number of carbonyl (C=O) groups excluding carboxylic acids is 1. The fourth-order valence-corrected chi connectivity index (χ4v) is 1.82. The number of aromatic nitrogens is 2. The molecule has 0 atom stereocenters. The van der Waals surface area contributed by atoms with Crippen LogP contribution in [0.15, 0.2) is 29.8 Å². The predicted octanol–water partition coefficient (Wildman–Crippen LogP) is 2.02. The fourth-order valence-electron chi connectivity index (χ4n) is 1.09. The van der Waals surface area contributed by atoms with Gasteiger partial charge in [0.2, 0.25) is 0 Å². The highest BCUT2D eigenvalue weighted by Crippen LogP contribution is 2.19. The van der Waals surface area contributed by atoms with E-state index in [4.69, 9.17) is 0 Å². The quantitative estimate of drug-likeness (QED) is 0.799. The summed E-state index contributed by atoms with van der Waals surface area (Å²) in [6, 6.07) is 5.61. The average Bonchev–Trinajstić information content (AvgIpc) is 2.68. The van der Waals surface area contributed by atoms with E-state index >= 15 is 0 Å². The van der Waals surface area contributed by atoms with Crippen molar-refractivity contribution in [1.29, 1.82) is 0 Å². The summed E-state index contributed by atoms with van der Waals surface area (Å²) < 4.78 is 0. The second-order valence-corrected chi connectivity index (χ2v) is 3.71. The van der Waals surface area contributed by atoms with E-state index in [-0.39, 0.29) is 0 Å². The van der Waals surface area contributed by atoms with Gasteiger partial charge < -0.3 is 10.1 Å². The van der Waals surface area contributed by atoms with Crippen LogP contribution >= 0.6 is 11.3 Å². The standard InChI is InChI=1S/C10H9N3OS/c14-6-4-8-7-15-10(12-8)13-9-3-1-2-5-11-9/h1-3,5-7H,4H2,(H,11,12,13). The number of hydrogen-bond acceptors (Lipinski definition) is 5. The predicted molar refractivity (Wildman–Crippen MR) is 59.4 cm³/mol. The number of aldehydes is 1. The van der Waals surface area contributed by atoms with Gasteiger partial charge in [0, 0.05) is 18.0 Å². The molecule has 0 radical (unpaired) electrons. The maximum atomic E-state index is 10.3. The largest absolute Gasteiger partial charge is 0.316 e. The van der Waals surface area contributed by atoms with Crippen molar-refractivity contribution in [3.05, 3.63) is 35.5 Å². The zero-order chi connectivity index (χ0) is 10.5. The van der Waals surface area contributed by atoms with Crippen molar-refractivity contribution in [3.63, 3.8) is 0 Å². The van der Waals surface area contributed by atoms with Crippen LogP contribution in [0.4, 0.5) is 10.9 Å². The summed E-state index contributed by atoms with van der Waals surface area (Å²) in [6.07, 6.45) is 2.92. The van der Waals surface area contributed by atoms with E-state index in [9.17, 15) is 4.79 Å². The van der Waals surface area contributed by atoms with Crippen LogP contribution in [0.5, 0.6) is 0 Å². The number of nitrogens with one attached hydrogen (secondary N) is 1. The zero-order valence-electron chi connectivity index (χ0n) is 7.88. The van der Waals surface area contributed by atoms with Gasteiger partial charge in [0.1, 0.15) is 12.1 Å². The van der Waals surface area contributed by atoms with E-state index in [0.717, 1.165) is 22.9 Å². The fraction of sp³-hybridized carbons (Fsp3) is 0.100. The van der Waals surface area contributed by atoms with Gasteiger partial charge in [-0.2, -0.15) is 0 Å². The molecule has 2 aromatic rings. The first-order valence-electron chi connectivity index (χ1n) is 4.44. The number of carbonyl (C=O) groups is 1. The molecular formula is C10H9N3OS. The van der Waals surface area contributed by atoms with Crippen molar-refractivity contribution in [1.82, 2.24) is 9.97 Å². The third-order valence-electron chi connectivity index (χ3n) is 1.74. The third kappa shape index (κ3) is 2.60. The van der Waals surface area contributed by atoms with Crippen LogP contribution in [0, 0.1) is 0 Å². The maximum Gasteiger partial charge on any atom is 0.188 e. The van der Waals surface area contributed by atoms with Crippen LogP contribution in [0.3, 0.4) is 0 Å². The normalized spacial score (nSPS) is 9.87. The number of pyridine rings is 1. The van der Waals surface area contributed by atoms with Crippen molar-refractivity contribution in [2.75, 3.05) is 5.32 Å². The van der Waals surface area contributed by atoms with E-state index in [1.54, 1.807) is 6.20 Å². The Kier molecular flexibility index (Phi) is 3.04. The molecule has 0 aliphatic carbocycles. The van der Waals surface area contributed by atoms with Crippen LogP contribution in [0.2, 0.25) is 0 Å². The van der Waals surface area contributed by atoms with Gasteiger partial charge in [-0.3, -0.25) is 0 Å². The molecular weight excluding hydrogens is 210 g/mol. The molecule has 0 saturated carbocycles. The average molecular weight is 219 g/mol. The minimum Gasteiger partial charge on any atom is -0.316 e. The molecule has 4 nitrogen and oxygen atoms in total. The maximum absolute atomic E-state index is 10.3. The lowest BCUT2D eigenvalue weighted by molar-refractivity contribution is -0.107. The highest BCUT2D eigenvalue weighted by molar-refractivity contribution is 7.13. The molecule has 2 rings (SSSR count). The zero-order valence-corrected chi connectivity index (χ0v) is 8.70. The van der Waals surface area contributed by atoms with E-state index in [2.05, 4.69) is 15.3 Å². The molecule has 2 aromatic heterocycles. The minimum atomic E-state index is 0.362. The number of nitrogens with zero attached hydrogens (tertiary/aromatic N) is 2. The van der Waals surface area contributed by atoms with E-state index in [1.807, 2.05) is 23.6 Å². The van der Waals surface area contributed by atoms with E-state index < -0.39 is 0 Å². The molecule has 76 valence electrons. The topological polar surface area (TPSA) is 54.9 Å². The van der Waals surface area contributed by atoms with Gasteiger partial charge in [-0.25, -0.2) is 9.97 Å². The number of anilines is 2. The molecule has 0 amide bonds. The van der Waals surface area contributed by atoms with Crippen LogP contribution in [-0.4, -0.2) is 16.3 Å². The molecule has 0 saturated heterocycles.